The number of hydrogen-bond donors (Lipinski definition) is 1. The largest absolute Gasteiger partial charge is 0.466 e. The predicted octanol–water partition coefficient (Wildman–Crippen LogP) is 1.18. The molecule has 2 aromatic rings. The van der Waals surface area contributed by atoms with E-state index in [9.17, 15) is 19.7 Å². The maximum absolute atomic E-state index is 12.2. The van der Waals surface area contributed by atoms with Crippen LogP contribution in [0, 0.1) is 10.1 Å². The molecule has 2 rings (SSSR count). The Hall–Kier alpha value is -2.90. The molecule has 21 heavy (non-hydrogen) atoms. The van der Waals surface area contributed by atoms with Gasteiger partial charge in [0.25, 0.3) is 11.2 Å². The highest BCUT2D eigenvalue weighted by Gasteiger charge is 2.18. The Bertz CT molecular complexity index is 731. The van der Waals surface area contributed by atoms with Gasteiger partial charge < -0.3 is 4.74 Å². The molecule has 0 spiro atoms. The predicted molar refractivity (Wildman–Crippen MR) is 73.4 cm³/mol. The lowest BCUT2D eigenvalue weighted by atomic mass is 10.2. The van der Waals surface area contributed by atoms with Crippen LogP contribution in [0.4, 0.5) is 5.69 Å². The van der Waals surface area contributed by atoms with E-state index in [4.69, 9.17) is 4.74 Å². The molecule has 8 heteroatoms. The maximum atomic E-state index is 12.2. The number of carbonyl (C=O) groups excluding carboxylic acids is 1. The first-order valence-corrected chi connectivity index (χ1v) is 6.23. The highest BCUT2D eigenvalue weighted by Crippen LogP contribution is 2.20. The summed E-state index contributed by atoms with van der Waals surface area (Å²) >= 11 is 0. The van der Waals surface area contributed by atoms with Crippen LogP contribution in [0.2, 0.25) is 0 Å². The lowest BCUT2D eigenvalue weighted by Crippen LogP contribution is -2.20. The summed E-state index contributed by atoms with van der Waals surface area (Å²) in [5, 5.41) is 13.6. The Labute approximate surface area is 119 Å². The van der Waals surface area contributed by atoms with Crippen molar-refractivity contribution in [2.24, 2.45) is 0 Å². The summed E-state index contributed by atoms with van der Waals surface area (Å²) in [6.07, 6.45) is 1.16. The average molecular weight is 291 g/mol. The number of ether oxygens (including phenoxy) is 1. The molecular weight excluding hydrogens is 278 g/mol. The highest BCUT2D eigenvalue weighted by molar-refractivity contribution is 5.72. The van der Waals surface area contributed by atoms with Crippen LogP contribution in [0.5, 0.6) is 0 Å². The van der Waals surface area contributed by atoms with E-state index in [2.05, 4.69) is 5.10 Å². The maximum Gasteiger partial charge on any atom is 0.310 e. The van der Waals surface area contributed by atoms with Gasteiger partial charge in [0.1, 0.15) is 5.69 Å². The van der Waals surface area contributed by atoms with Gasteiger partial charge in [-0.2, -0.15) is 0 Å². The van der Waals surface area contributed by atoms with Gasteiger partial charge in [-0.1, -0.05) is 12.1 Å². The second-order valence-electron chi connectivity index (χ2n) is 4.17. The molecule has 1 aromatic heterocycles. The third-order valence-corrected chi connectivity index (χ3v) is 2.81. The van der Waals surface area contributed by atoms with Crippen molar-refractivity contribution in [2.75, 3.05) is 6.61 Å². The van der Waals surface area contributed by atoms with E-state index in [0.717, 1.165) is 4.68 Å². The van der Waals surface area contributed by atoms with E-state index in [1.165, 1.54) is 24.4 Å². The van der Waals surface area contributed by atoms with Crippen molar-refractivity contribution in [3.63, 3.8) is 0 Å². The molecule has 0 amide bonds. The minimum absolute atomic E-state index is 0.114. The van der Waals surface area contributed by atoms with Crippen LogP contribution in [0.25, 0.3) is 5.69 Å². The number of esters is 1. The van der Waals surface area contributed by atoms with Crippen molar-refractivity contribution in [3.8, 4) is 5.69 Å². The number of nitrogens with zero attached hydrogens (tertiary/aromatic N) is 2. The van der Waals surface area contributed by atoms with Crippen molar-refractivity contribution in [2.45, 2.75) is 13.3 Å². The zero-order valence-corrected chi connectivity index (χ0v) is 11.2. The molecule has 0 saturated carbocycles. The Kier molecular flexibility index (Phi) is 4.17. The van der Waals surface area contributed by atoms with Gasteiger partial charge in [0.2, 0.25) is 0 Å². The van der Waals surface area contributed by atoms with Gasteiger partial charge in [0.05, 0.1) is 18.0 Å². The van der Waals surface area contributed by atoms with Gasteiger partial charge in [-0.05, 0) is 13.0 Å². The van der Waals surface area contributed by atoms with Gasteiger partial charge in [-0.25, -0.2) is 4.68 Å². The fourth-order valence-electron chi connectivity index (χ4n) is 1.89. The minimum Gasteiger partial charge on any atom is -0.466 e. The zero-order chi connectivity index (χ0) is 15.4. The van der Waals surface area contributed by atoms with Crippen LogP contribution in [-0.2, 0) is 16.0 Å². The number of benzene rings is 1. The number of nitro groups is 1. The molecule has 0 aliphatic rings. The molecule has 0 atom stereocenters. The van der Waals surface area contributed by atoms with Gasteiger partial charge in [0, 0.05) is 17.8 Å². The standard InChI is InChI=1S/C13H13N3O5/c1-2-21-12(17)7-9-8-14-15(13(9)18)10-5-3-4-6-11(10)16(19)20/h3-6,8,14H,2,7H2,1H3. The lowest BCUT2D eigenvalue weighted by molar-refractivity contribution is -0.384. The van der Waals surface area contributed by atoms with E-state index in [1.54, 1.807) is 13.0 Å². The molecule has 0 unspecified atom stereocenters. The number of H-pyrrole nitrogens is 1. The second kappa shape index (κ2) is 6.04. The quantitative estimate of drug-likeness (QED) is 0.505. The lowest BCUT2D eigenvalue weighted by Gasteiger charge is -2.02. The summed E-state index contributed by atoms with van der Waals surface area (Å²) < 4.78 is 5.80. The average Bonchev–Trinajstić information content (AvgIpc) is 2.80. The van der Waals surface area contributed by atoms with Crippen molar-refractivity contribution in [3.05, 3.63) is 56.5 Å². The van der Waals surface area contributed by atoms with Crippen LogP contribution in [0.3, 0.4) is 0 Å². The molecule has 8 nitrogen and oxygen atoms in total. The van der Waals surface area contributed by atoms with Crippen LogP contribution in [0.1, 0.15) is 12.5 Å². The number of nitro benzene ring substituents is 1. The fraction of sp³-hybridized carbons (Fsp3) is 0.231. The molecule has 110 valence electrons. The van der Waals surface area contributed by atoms with Crippen molar-refractivity contribution in [1.29, 1.82) is 0 Å². The third kappa shape index (κ3) is 2.99. The van der Waals surface area contributed by atoms with Crippen molar-refractivity contribution in [1.82, 2.24) is 9.78 Å². The fourth-order valence-corrected chi connectivity index (χ4v) is 1.89. The Morgan fingerprint density at radius 3 is 2.81 bits per heavy atom. The van der Waals surface area contributed by atoms with Gasteiger partial charge in [0.15, 0.2) is 0 Å². The van der Waals surface area contributed by atoms with Crippen LogP contribution in [0.15, 0.2) is 35.3 Å². The molecule has 0 saturated heterocycles. The molecule has 1 heterocycles. The molecule has 0 aliphatic heterocycles. The first kappa shape index (κ1) is 14.5. The summed E-state index contributed by atoms with van der Waals surface area (Å²) in [6.45, 7) is 1.89. The molecule has 1 N–H and O–H groups in total. The van der Waals surface area contributed by atoms with Crippen LogP contribution in [-0.4, -0.2) is 27.3 Å². The first-order valence-electron chi connectivity index (χ1n) is 6.23. The number of rotatable bonds is 5. The monoisotopic (exact) mass is 291 g/mol. The SMILES string of the molecule is CCOC(=O)Cc1c[nH]n(-c2ccccc2[N+](=O)[O-])c1=O. The van der Waals surface area contributed by atoms with Crippen LogP contribution < -0.4 is 5.56 Å². The number of nitrogens with one attached hydrogen (secondary N) is 1. The summed E-state index contributed by atoms with van der Waals surface area (Å²) in [7, 11) is 0. The zero-order valence-electron chi connectivity index (χ0n) is 11.2. The smallest absolute Gasteiger partial charge is 0.310 e. The molecule has 1 aromatic carbocycles. The number of para-hydroxylation sites is 2. The summed E-state index contributed by atoms with van der Waals surface area (Å²) in [6, 6.07) is 5.84. The molecular formula is C13H13N3O5. The molecule has 0 radical (unpaired) electrons. The van der Waals surface area contributed by atoms with E-state index in [-0.39, 0.29) is 30.0 Å². The van der Waals surface area contributed by atoms with E-state index in [0.29, 0.717) is 0 Å². The van der Waals surface area contributed by atoms with Crippen molar-refractivity contribution < 1.29 is 14.5 Å². The summed E-state index contributed by atoms with van der Waals surface area (Å²) in [4.78, 5) is 34.0. The van der Waals surface area contributed by atoms with E-state index >= 15 is 0 Å². The molecule has 0 fully saturated rings. The van der Waals surface area contributed by atoms with Crippen LogP contribution >= 0.6 is 0 Å². The van der Waals surface area contributed by atoms with E-state index < -0.39 is 16.5 Å². The number of carbonyl (C=O) groups is 1. The Morgan fingerprint density at radius 1 is 1.43 bits per heavy atom. The second-order valence-corrected chi connectivity index (χ2v) is 4.17. The van der Waals surface area contributed by atoms with Crippen molar-refractivity contribution >= 4 is 11.7 Å². The number of aromatic amines is 1. The third-order valence-electron chi connectivity index (χ3n) is 2.81. The number of aromatic nitrogens is 2. The Balaban J connectivity index is 2.40. The minimum atomic E-state index is -0.576. The summed E-state index contributed by atoms with van der Waals surface area (Å²) in [5.41, 5.74) is -0.421. The number of hydrogen-bond acceptors (Lipinski definition) is 5. The van der Waals surface area contributed by atoms with Gasteiger partial charge >= 0.3 is 5.97 Å². The van der Waals surface area contributed by atoms with E-state index in [1.807, 2.05) is 0 Å². The normalized spacial score (nSPS) is 10.3. The van der Waals surface area contributed by atoms with Gasteiger partial charge in [-0.3, -0.25) is 24.8 Å². The molecule has 0 bridgehead atoms. The Morgan fingerprint density at radius 2 is 2.14 bits per heavy atom. The topological polar surface area (TPSA) is 107 Å². The van der Waals surface area contributed by atoms with Gasteiger partial charge in [-0.15, -0.1) is 0 Å². The highest BCUT2D eigenvalue weighted by atomic mass is 16.6. The summed E-state index contributed by atoms with van der Waals surface area (Å²) in [5.74, 6) is -0.525. The first-order chi connectivity index (χ1) is 10.0. The molecule has 0 aliphatic carbocycles.